The van der Waals surface area contributed by atoms with Gasteiger partial charge >= 0.3 is 0 Å². The second kappa shape index (κ2) is 6.29. The summed E-state index contributed by atoms with van der Waals surface area (Å²) in [6.07, 6.45) is 2.08. The molecule has 0 atom stereocenters. The van der Waals surface area contributed by atoms with Crippen molar-refractivity contribution in [1.29, 1.82) is 0 Å². The third-order valence-corrected chi connectivity index (χ3v) is 3.76. The molecule has 20 heavy (non-hydrogen) atoms. The molecule has 1 fully saturated rings. The summed E-state index contributed by atoms with van der Waals surface area (Å²) in [5.74, 6) is 0.938. The molecule has 0 bridgehead atoms. The number of hydrogen-bond acceptors (Lipinski definition) is 3. The number of fused-ring (bicyclic) bond motifs is 1. The minimum Gasteiger partial charge on any atom is -0.468 e. The maximum Gasteiger partial charge on any atom is 0.230 e. The van der Waals surface area contributed by atoms with Crippen LogP contribution in [0.2, 0.25) is 0 Å². The lowest BCUT2D eigenvalue weighted by molar-refractivity contribution is -0.132. The number of carbonyl (C=O) groups excluding carboxylic acids is 1. The van der Waals surface area contributed by atoms with Gasteiger partial charge in [0.2, 0.25) is 5.91 Å². The highest BCUT2D eigenvalue weighted by Gasteiger charge is 2.20. The van der Waals surface area contributed by atoms with E-state index in [2.05, 4.69) is 11.9 Å². The average molecular weight is 295 g/mol. The molecular weight excluding hydrogens is 276 g/mol. The summed E-state index contributed by atoms with van der Waals surface area (Å²) in [7, 11) is 2.09. The number of carbonyl (C=O) groups is 1. The van der Waals surface area contributed by atoms with Crippen LogP contribution in [0.5, 0.6) is 0 Å². The average Bonchev–Trinajstić information content (AvgIpc) is 2.83. The maximum absolute atomic E-state index is 12.3. The summed E-state index contributed by atoms with van der Waals surface area (Å²) < 4.78 is 5.54. The number of halogens is 1. The molecule has 0 spiro atoms. The van der Waals surface area contributed by atoms with Crippen LogP contribution in [0.15, 0.2) is 34.9 Å². The third-order valence-electron chi connectivity index (χ3n) is 3.76. The highest BCUT2D eigenvalue weighted by Crippen LogP contribution is 2.21. The predicted molar refractivity (Wildman–Crippen MR) is 81.2 cm³/mol. The monoisotopic (exact) mass is 294 g/mol. The molecule has 0 aliphatic carbocycles. The molecule has 1 saturated heterocycles. The minimum absolute atomic E-state index is 0. The topological polar surface area (TPSA) is 36.7 Å². The number of likely N-dealkylation sites (N-methyl/N-ethyl adjacent to an activating group) is 1. The van der Waals surface area contributed by atoms with Gasteiger partial charge < -0.3 is 14.2 Å². The Labute approximate surface area is 124 Å². The molecule has 1 amide bonds. The zero-order valence-corrected chi connectivity index (χ0v) is 12.4. The molecule has 1 aliphatic heterocycles. The van der Waals surface area contributed by atoms with Gasteiger partial charge in [-0.05, 0) is 7.05 Å². The van der Waals surface area contributed by atoms with Crippen molar-refractivity contribution >= 4 is 29.1 Å². The van der Waals surface area contributed by atoms with E-state index in [1.807, 2.05) is 29.2 Å². The minimum atomic E-state index is 0. The summed E-state index contributed by atoms with van der Waals surface area (Å²) in [6, 6.07) is 7.96. The van der Waals surface area contributed by atoms with Crippen molar-refractivity contribution in [1.82, 2.24) is 9.80 Å². The van der Waals surface area contributed by atoms with Gasteiger partial charge in [-0.2, -0.15) is 0 Å². The molecule has 4 nitrogen and oxygen atoms in total. The molecule has 1 aliphatic rings. The van der Waals surface area contributed by atoms with Crippen LogP contribution in [0, 0.1) is 0 Å². The lowest BCUT2D eigenvalue weighted by atomic mass is 10.1. The normalized spacial score (nSPS) is 16.1. The first-order chi connectivity index (χ1) is 9.24. The first kappa shape index (κ1) is 14.9. The van der Waals surface area contributed by atoms with E-state index in [9.17, 15) is 4.79 Å². The van der Waals surface area contributed by atoms with Crippen LogP contribution in [0.4, 0.5) is 0 Å². The van der Waals surface area contributed by atoms with Gasteiger partial charge in [0, 0.05) is 37.0 Å². The van der Waals surface area contributed by atoms with Gasteiger partial charge in [0.25, 0.3) is 0 Å². The zero-order chi connectivity index (χ0) is 13.2. The maximum atomic E-state index is 12.3. The molecule has 0 N–H and O–H groups in total. The SMILES string of the molecule is CN1CCN(C(=O)Cc2occ3ccccc23)CC1.Cl. The van der Waals surface area contributed by atoms with Crippen molar-refractivity contribution in [3.63, 3.8) is 0 Å². The van der Waals surface area contributed by atoms with E-state index in [0.717, 1.165) is 42.7 Å². The van der Waals surface area contributed by atoms with Crippen LogP contribution < -0.4 is 0 Å². The molecule has 108 valence electrons. The Morgan fingerprint density at radius 2 is 1.90 bits per heavy atom. The van der Waals surface area contributed by atoms with Crippen molar-refractivity contribution in [2.75, 3.05) is 33.2 Å². The van der Waals surface area contributed by atoms with E-state index in [4.69, 9.17) is 4.42 Å². The second-order valence-electron chi connectivity index (χ2n) is 5.11. The van der Waals surface area contributed by atoms with Crippen LogP contribution in [0.25, 0.3) is 10.8 Å². The molecule has 0 saturated carbocycles. The summed E-state index contributed by atoms with van der Waals surface area (Å²) in [4.78, 5) is 16.4. The first-order valence-electron chi connectivity index (χ1n) is 6.65. The lowest BCUT2D eigenvalue weighted by Gasteiger charge is -2.32. The quantitative estimate of drug-likeness (QED) is 0.852. The number of nitrogens with zero attached hydrogens (tertiary/aromatic N) is 2. The Hall–Kier alpha value is -1.52. The molecule has 1 aromatic carbocycles. The van der Waals surface area contributed by atoms with Crippen LogP contribution in [-0.2, 0) is 11.2 Å². The van der Waals surface area contributed by atoms with Gasteiger partial charge in [0.15, 0.2) is 0 Å². The van der Waals surface area contributed by atoms with Gasteiger partial charge in [0.1, 0.15) is 5.76 Å². The van der Waals surface area contributed by atoms with Crippen LogP contribution >= 0.6 is 12.4 Å². The van der Waals surface area contributed by atoms with Crippen molar-refractivity contribution in [3.05, 3.63) is 36.3 Å². The number of benzene rings is 1. The highest BCUT2D eigenvalue weighted by atomic mass is 35.5. The van der Waals surface area contributed by atoms with E-state index in [-0.39, 0.29) is 18.3 Å². The Kier molecular flexibility index (Phi) is 4.68. The summed E-state index contributed by atoms with van der Waals surface area (Å²) in [5.41, 5.74) is 0. The predicted octanol–water partition coefficient (Wildman–Crippen LogP) is 2.17. The Morgan fingerprint density at radius 3 is 2.65 bits per heavy atom. The number of furan rings is 1. The summed E-state index contributed by atoms with van der Waals surface area (Å²) >= 11 is 0. The van der Waals surface area contributed by atoms with Gasteiger partial charge in [-0.3, -0.25) is 4.79 Å². The van der Waals surface area contributed by atoms with E-state index in [0.29, 0.717) is 6.42 Å². The number of piperazine rings is 1. The summed E-state index contributed by atoms with van der Waals surface area (Å²) in [5, 5.41) is 2.11. The van der Waals surface area contributed by atoms with E-state index < -0.39 is 0 Å². The van der Waals surface area contributed by atoms with E-state index in [1.165, 1.54) is 0 Å². The number of amides is 1. The second-order valence-corrected chi connectivity index (χ2v) is 5.11. The van der Waals surface area contributed by atoms with Gasteiger partial charge in [0.05, 0.1) is 12.7 Å². The molecule has 5 heteroatoms. The Balaban J connectivity index is 0.00000147. The number of hydrogen-bond donors (Lipinski definition) is 0. The van der Waals surface area contributed by atoms with Crippen molar-refractivity contribution in [2.24, 2.45) is 0 Å². The zero-order valence-electron chi connectivity index (χ0n) is 11.5. The van der Waals surface area contributed by atoms with Crippen LogP contribution in [0.1, 0.15) is 5.76 Å². The first-order valence-corrected chi connectivity index (χ1v) is 6.65. The fourth-order valence-corrected chi connectivity index (χ4v) is 2.49. The third kappa shape index (κ3) is 2.97. The smallest absolute Gasteiger partial charge is 0.230 e. The van der Waals surface area contributed by atoms with Crippen molar-refractivity contribution in [2.45, 2.75) is 6.42 Å². The lowest BCUT2D eigenvalue weighted by Crippen LogP contribution is -2.47. The Morgan fingerprint density at radius 1 is 1.20 bits per heavy atom. The van der Waals surface area contributed by atoms with Crippen molar-refractivity contribution < 1.29 is 9.21 Å². The largest absolute Gasteiger partial charge is 0.468 e. The fourth-order valence-electron chi connectivity index (χ4n) is 2.49. The molecule has 0 unspecified atom stereocenters. The van der Waals surface area contributed by atoms with E-state index >= 15 is 0 Å². The van der Waals surface area contributed by atoms with E-state index in [1.54, 1.807) is 6.26 Å². The molecule has 1 aromatic heterocycles. The van der Waals surface area contributed by atoms with Gasteiger partial charge in [-0.25, -0.2) is 0 Å². The molecule has 2 aromatic rings. The van der Waals surface area contributed by atoms with Gasteiger partial charge in [-0.15, -0.1) is 12.4 Å². The molecular formula is C15H19ClN2O2. The molecule has 3 rings (SSSR count). The standard InChI is InChI=1S/C15H18N2O2.ClH/c1-16-6-8-17(9-7-16)15(18)10-14-13-5-3-2-4-12(13)11-19-14;/h2-5,11H,6-10H2,1H3;1H. The number of rotatable bonds is 2. The molecule has 0 radical (unpaired) electrons. The Bertz CT molecular complexity index is 588. The summed E-state index contributed by atoms with van der Waals surface area (Å²) in [6.45, 7) is 3.53. The van der Waals surface area contributed by atoms with Crippen molar-refractivity contribution in [3.8, 4) is 0 Å². The van der Waals surface area contributed by atoms with Crippen LogP contribution in [0.3, 0.4) is 0 Å². The highest BCUT2D eigenvalue weighted by molar-refractivity contribution is 5.88. The fraction of sp³-hybridized carbons (Fsp3) is 0.400. The van der Waals surface area contributed by atoms with Gasteiger partial charge in [-0.1, -0.05) is 24.3 Å². The van der Waals surface area contributed by atoms with Crippen LogP contribution in [-0.4, -0.2) is 48.9 Å². The molecule has 2 heterocycles.